The van der Waals surface area contributed by atoms with E-state index in [-0.39, 0.29) is 11.8 Å². The first-order valence-corrected chi connectivity index (χ1v) is 9.15. The van der Waals surface area contributed by atoms with Crippen molar-refractivity contribution < 1.29 is 9.59 Å². The number of piperazine rings is 1. The highest BCUT2D eigenvalue weighted by molar-refractivity contribution is 5.94. The molecule has 0 spiro atoms. The number of carbonyl (C=O) groups is 2. The quantitative estimate of drug-likeness (QED) is 0.683. The van der Waals surface area contributed by atoms with E-state index < -0.39 is 0 Å². The number of aromatic nitrogens is 4. The van der Waals surface area contributed by atoms with Crippen LogP contribution >= 0.6 is 0 Å². The summed E-state index contributed by atoms with van der Waals surface area (Å²) in [6.45, 7) is 2.22. The number of nitrogens with zero attached hydrogens (tertiary/aromatic N) is 6. The van der Waals surface area contributed by atoms with E-state index in [1.165, 1.54) is 6.33 Å². The molecule has 1 saturated heterocycles. The van der Waals surface area contributed by atoms with Crippen molar-refractivity contribution in [3.05, 3.63) is 72.1 Å². The first-order valence-electron chi connectivity index (χ1n) is 9.15. The number of tetrazole rings is 1. The summed E-state index contributed by atoms with van der Waals surface area (Å²) in [5, 5.41) is 11.1. The molecule has 0 unspecified atom stereocenters. The van der Waals surface area contributed by atoms with Crippen LogP contribution in [0, 0.1) is 0 Å². The Balaban J connectivity index is 1.31. The van der Waals surface area contributed by atoms with Crippen molar-refractivity contribution in [3.8, 4) is 5.69 Å². The predicted molar refractivity (Wildman–Crippen MR) is 102 cm³/mol. The summed E-state index contributed by atoms with van der Waals surface area (Å²) >= 11 is 0. The second-order valence-electron chi connectivity index (χ2n) is 6.64. The highest BCUT2D eigenvalue weighted by Gasteiger charge is 2.24. The molecule has 0 atom stereocenters. The Hall–Kier alpha value is -3.55. The van der Waals surface area contributed by atoms with Gasteiger partial charge >= 0.3 is 0 Å². The zero-order valence-corrected chi connectivity index (χ0v) is 15.3. The van der Waals surface area contributed by atoms with Gasteiger partial charge in [-0.2, -0.15) is 0 Å². The molecule has 142 valence electrons. The SMILES string of the molecule is O=C(Cc1ccc(-n2cnnn2)cc1)N1CCN(C(=O)c2ccccc2)CC1. The van der Waals surface area contributed by atoms with Gasteiger partial charge in [-0.25, -0.2) is 4.68 Å². The predicted octanol–water partition coefficient (Wildman–Crippen LogP) is 1.19. The lowest BCUT2D eigenvalue weighted by atomic mass is 10.1. The summed E-state index contributed by atoms with van der Waals surface area (Å²) in [7, 11) is 0. The monoisotopic (exact) mass is 376 g/mol. The van der Waals surface area contributed by atoms with Crippen molar-refractivity contribution in [1.82, 2.24) is 30.0 Å². The molecule has 2 heterocycles. The van der Waals surface area contributed by atoms with Gasteiger partial charge in [-0.3, -0.25) is 9.59 Å². The Kier molecular flexibility index (Phi) is 5.09. The van der Waals surface area contributed by atoms with E-state index in [2.05, 4.69) is 15.5 Å². The molecule has 1 aliphatic heterocycles. The second kappa shape index (κ2) is 7.99. The number of amides is 2. The van der Waals surface area contributed by atoms with Gasteiger partial charge in [0, 0.05) is 31.7 Å². The number of benzene rings is 2. The average Bonchev–Trinajstić information content (AvgIpc) is 3.29. The summed E-state index contributed by atoms with van der Waals surface area (Å²) in [5.41, 5.74) is 2.46. The Morgan fingerprint density at radius 2 is 1.54 bits per heavy atom. The van der Waals surface area contributed by atoms with Crippen molar-refractivity contribution >= 4 is 11.8 Å². The van der Waals surface area contributed by atoms with E-state index >= 15 is 0 Å². The van der Waals surface area contributed by atoms with Crippen LogP contribution in [0.3, 0.4) is 0 Å². The maximum Gasteiger partial charge on any atom is 0.253 e. The minimum Gasteiger partial charge on any atom is -0.339 e. The largest absolute Gasteiger partial charge is 0.339 e. The fraction of sp³-hybridized carbons (Fsp3) is 0.250. The Morgan fingerprint density at radius 3 is 2.18 bits per heavy atom. The zero-order chi connectivity index (χ0) is 19.3. The van der Waals surface area contributed by atoms with Crippen LogP contribution in [0.2, 0.25) is 0 Å². The van der Waals surface area contributed by atoms with Crippen LogP contribution in [0.25, 0.3) is 5.69 Å². The van der Waals surface area contributed by atoms with Gasteiger partial charge in [0.15, 0.2) is 0 Å². The summed E-state index contributed by atoms with van der Waals surface area (Å²) < 4.78 is 1.56. The molecule has 0 radical (unpaired) electrons. The van der Waals surface area contributed by atoms with Gasteiger partial charge in [0.25, 0.3) is 5.91 Å². The van der Waals surface area contributed by atoms with Crippen LogP contribution in [0.4, 0.5) is 0 Å². The lowest BCUT2D eigenvalue weighted by molar-refractivity contribution is -0.131. The van der Waals surface area contributed by atoms with Gasteiger partial charge in [-0.1, -0.05) is 30.3 Å². The molecule has 8 heteroatoms. The van der Waals surface area contributed by atoms with E-state index in [1.807, 2.05) is 59.5 Å². The third-order valence-electron chi connectivity index (χ3n) is 4.85. The third-order valence-corrected chi connectivity index (χ3v) is 4.85. The van der Waals surface area contributed by atoms with Crippen LogP contribution in [-0.2, 0) is 11.2 Å². The van der Waals surface area contributed by atoms with Crippen molar-refractivity contribution in [1.29, 1.82) is 0 Å². The highest BCUT2D eigenvalue weighted by atomic mass is 16.2. The molecule has 2 amide bonds. The molecule has 1 fully saturated rings. The number of hydrogen-bond acceptors (Lipinski definition) is 5. The van der Waals surface area contributed by atoms with Crippen LogP contribution in [0.5, 0.6) is 0 Å². The topological polar surface area (TPSA) is 84.2 Å². The fourth-order valence-electron chi connectivity index (χ4n) is 3.25. The van der Waals surface area contributed by atoms with E-state index in [0.717, 1.165) is 11.3 Å². The third kappa shape index (κ3) is 3.90. The molecule has 1 aromatic heterocycles. The van der Waals surface area contributed by atoms with Gasteiger partial charge in [-0.05, 0) is 40.3 Å². The van der Waals surface area contributed by atoms with Crippen molar-refractivity contribution in [2.45, 2.75) is 6.42 Å². The maximum atomic E-state index is 12.6. The molecule has 0 aliphatic carbocycles. The summed E-state index contributed by atoms with van der Waals surface area (Å²) in [4.78, 5) is 28.7. The molecule has 8 nitrogen and oxygen atoms in total. The maximum absolute atomic E-state index is 12.6. The van der Waals surface area contributed by atoms with Crippen LogP contribution < -0.4 is 0 Å². The standard InChI is InChI=1S/C20H20N6O2/c27-19(14-16-6-8-18(9-7-16)26-15-21-22-23-26)24-10-12-25(13-11-24)20(28)17-4-2-1-3-5-17/h1-9,15H,10-14H2. The smallest absolute Gasteiger partial charge is 0.253 e. The first kappa shape index (κ1) is 17.8. The highest BCUT2D eigenvalue weighted by Crippen LogP contribution is 2.12. The Labute approximate surface area is 162 Å². The number of carbonyl (C=O) groups excluding carboxylic acids is 2. The van der Waals surface area contributed by atoms with Crippen LogP contribution in [-0.4, -0.2) is 68.0 Å². The van der Waals surface area contributed by atoms with Gasteiger partial charge < -0.3 is 9.80 Å². The van der Waals surface area contributed by atoms with Crippen molar-refractivity contribution in [2.24, 2.45) is 0 Å². The lowest BCUT2D eigenvalue weighted by Gasteiger charge is -2.35. The first-order chi connectivity index (χ1) is 13.7. The lowest BCUT2D eigenvalue weighted by Crippen LogP contribution is -2.51. The summed E-state index contributed by atoms with van der Waals surface area (Å²) in [6.07, 6.45) is 1.86. The van der Waals surface area contributed by atoms with Gasteiger partial charge in [0.05, 0.1) is 12.1 Å². The molecule has 28 heavy (non-hydrogen) atoms. The molecule has 0 bridgehead atoms. The normalized spacial score (nSPS) is 14.1. The summed E-state index contributed by atoms with van der Waals surface area (Å²) in [5.74, 6) is 0.0906. The second-order valence-corrected chi connectivity index (χ2v) is 6.64. The average molecular weight is 376 g/mol. The van der Waals surface area contributed by atoms with E-state index in [9.17, 15) is 9.59 Å². The number of hydrogen-bond donors (Lipinski definition) is 0. The fourth-order valence-corrected chi connectivity index (χ4v) is 3.25. The minimum atomic E-state index is 0.0193. The molecule has 0 N–H and O–H groups in total. The Morgan fingerprint density at radius 1 is 0.857 bits per heavy atom. The van der Waals surface area contributed by atoms with Crippen molar-refractivity contribution in [2.75, 3.05) is 26.2 Å². The van der Waals surface area contributed by atoms with E-state index in [1.54, 1.807) is 9.58 Å². The molecule has 0 saturated carbocycles. The van der Waals surface area contributed by atoms with E-state index in [0.29, 0.717) is 38.2 Å². The van der Waals surface area contributed by atoms with Crippen LogP contribution in [0.1, 0.15) is 15.9 Å². The van der Waals surface area contributed by atoms with Gasteiger partial charge in [0.2, 0.25) is 5.91 Å². The summed E-state index contributed by atoms with van der Waals surface area (Å²) in [6, 6.07) is 16.8. The molecular formula is C20H20N6O2. The molecule has 2 aromatic carbocycles. The van der Waals surface area contributed by atoms with Gasteiger partial charge in [0.1, 0.15) is 6.33 Å². The van der Waals surface area contributed by atoms with Crippen LogP contribution in [0.15, 0.2) is 60.9 Å². The Bertz CT molecular complexity index is 933. The molecule has 3 aromatic rings. The van der Waals surface area contributed by atoms with Gasteiger partial charge in [-0.15, -0.1) is 5.10 Å². The molecular weight excluding hydrogens is 356 g/mol. The number of rotatable bonds is 4. The van der Waals surface area contributed by atoms with Crippen molar-refractivity contribution in [3.63, 3.8) is 0 Å². The molecule has 4 rings (SSSR count). The molecule has 1 aliphatic rings. The van der Waals surface area contributed by atoms with E-state index in [4.69, 9.17) is 0 Å². The zero-order valence-electron chi connectivity index (χ0n) is 15.3. The minimum absolute atomic E-state index is 0.0193.